The van der Waals surface area contributed by atoms with Gasteiger partial charge in [0.2, 0.25) is 12.3 Å². The molecule has 5 N–H and O–H groups in total. The summed E-state index contributed by atoms with van der Waals surface area (Å²) in [5.74, 6) is 1.67. The van der Waals surface area contributed by atoms with Gasteiger partial charge in [0, 0.05) is 19.0 Å². The van der Waals surface area contributed by atoms with Crippen LogP contribution < -0.4 is 16.8 Å². The van der Waals surface area contributed by atoms with Crippen molar-refractivity contribution in [2.24, 2.45) is 0 Å². The Bertz CT molecular complexity index is 435. The molecule has 84 valence electrons. The first-order valence-corrected chi connectivity index (χ1v) is 4.63. The first-order chi connectivity index (χ1) is 7.74. The molecule has 2 aromatic heterocycles. The molecule has 0 unspecified atom stereocenters. The zero-order chi connectivity index (χ0) is 11.4. The monoisotopic (exact) mass is 221 g/mol. The highest BCUT2D eigenvalue weighted by atomic mass is 16.5. The standard InChI is InChI=1S/C8H11N7O/c9-5-3-7(14-8(10)13-5)11-2-1-6-12-4-16-15-6/h3-4H,1-2H2,(H5,9,10,11,13,14). The van der Waals surface area contributed by atoms with Crippen LogP contribution in [-0.2, 0) is 6.42 Å². The van der Waals surface area contributed by atoms with Crippen LogP contribution >= 0.6 is 0 Å². The molecule has 0 spiro atoms. The molecule has 0 saturated heterocycles. The van der Waals surface area contributed by atoms with Crippen LogP contribution in [0.4, 0.5) is 17.6 Å². The second kappa shape index (κ2) is 4.43. The van der Waals surface area contributed by atoms with Gasteiger partial charge in [-0.15, -0.1) is 0 Å². The van der Waals surface area contributed by atoms with E-state index in [9.17, 15) is 0 Å². The molecule has 2 heterocycles. The summed E-state index contributed by atoms with van der Waals surface area (Å²) in [6.45, 7) is 0.607. The number of hydrogen-bond acceptors (Lipinski definition) is 8. The van der Waals surface area contributed by atoms with Gasteiger partial charge in [0.05, 0.1) is 0 Å². The van der Waals surface area contributed by atoms with Crippen LogP contribution in [0.25, 0.3) is 0 Å². The fraction of sp³-hybridized carbons (Fsp3) is 0.250. The zero-order valence-electron chi connectivity index (χ0n) is 8.42. The second-order valence-corrected chi connectivity index (χ2v) is 3.06. The first kappa shape index (κ1) is 10.1. The summed E-state index contributed by atoms with van der Waals surface area (Å²) < 4.78 is 4.60. The van der Waals surface area contributed by atoms with E-state index in [2.05, 4.69) is 29.9 Å². The topological polar surface area (TPSA) is 129 Å². The van der Waals surface area contributed by atoms with E-state index in [-0.39, 0.29) is 5.95 Å². The average molecular weight is 221 g/mol. The lowest BCUT2D eigenvalue weighted by molar-refractivity contribution is 0.410. The van der Waals surface area contributed by atoms with Crippen LogP contribution in [0.5, 0.6) is 0 Å². The number of nitrogen functional groups attached to an aromatic ring is 2. The molecule has 0 aliphatic carbocycles. The Hall–Kier alpha value is -2.38. The summed E-state index contributed by atoms with van der Waals surface area (Å²) in [4.78, 5) is 11.6. The molecular formula is C8H11N7O. The lowest BCUT2D eigenvalue weighted by Crippen LogP contribution is -2.09. The van der Waals surface area contributed by atoms with E-state index >= 15 is 0 Å². The van der Waals surface area contributed by atoms with Crippen molar-refractivity contribution in [3.05, 3.63) is 18.3 Å². The predicted octanol–water partition coefficient (Wildman–Crippen LogP) is -0.321. The molecule has 0 aliphatic rings. The Morgan fingerprint density at radius 2 is 2.19 bits per heavy atom. The van der Waals surface area contributed by atoms with Gasteiger partial charge in [-0.1, -0.05) is 5.16 Å². The third-order valence-corrected chi connectivity index (χ3v) is 1.82. The van der Waals surface area contributed by atoms with Crippen molar-refractivity contribution in [2.45, 2.75) is 6.42 Å². The van der Waals surface area contributed by atoms with Crippen molar-refractivity contribution in [2.75, 3.05) is 23.3 Å². The summed E-state index contributed by atoms with van der Waals surface area (Å²) >= 11 is 0. The molecular weight excluding hydrogens is 210 g/mol. The fourth-order valence-electron chi connectivity index (χ4n) is 1.18. The maximum Gasteiger partial charge on any atom is 0.223 e. The Balaban J connectivity index is 1.89. The highest BCUT2D eigenvalue weighted by Crippen LogP contribution is 2.08. The summed E-state index contributed by atoms with van der Waals surface area (Å²) in [5.41, 5.74) is 11.0. The smallest absolute Gasteiger partial charge is 0.223 e. The fourth-order valence-corrected chi connectivity index (χ4v) is 1.18. The van der Waals surface area contributed by atoms with Crippen molar-refractivity contribution in [3.63, 3.8) is 0 Å². The van der Waals surface area contributed by atoms with Gasteiger partial charge >= 0.3 is 0 Å². The van der Waals surface area contributed by atoms with Gasteiger partial charge in [-0.25, -0.2) is 0 Å². The SMILES string of the molecule is Nc1cc(NCCc2ncon2)nc(N)n1. The number of aromatic nitrogens is 4. The van der Waals surface area contributed by atoms with E-state index in [1.165, 1.54) is 6.39 Å². The maximum absolute atomic E-state index is 5.51. The quantitative estimate of drug-likeness (QED) is 0.640. The molecule has 0 atom stereocenters. The van der Waals surface area contributed by atoms with Gasteiger partial charge in [0.1, 0.15) is 11.6 Å². The zero-order valence-corrected chi connectivity index (χ0v) is 8.42. The highest BCUT2D eigenvalue weighted by Gasteiger charge is 2.01. The number of nitrogens with zero attached hydrogens (tertiary/aromatic N) is 4. The van der Waals surface area contributed by atoms with Crippen LogP contribution in [0.1, 0.15) is 5.82 Å². The minimum absolute atomic E-state index is 0.141. The third kappa shape index (κ3) is 2.56. The Morgan fingerprint density at radius 3 is 2.88 bits per heavy atom. The molecule has 0 radical (unpaired) electrons. The number of anilines is 3. The molecule has 0 aliphatic heterocycles. The number of nitrogens with two attached hydrogens (primary N) is 2. The summed E-state index contributed by atoms with van der Waals surface area (Å²) in [5, 5.41) is 6.71. The highest BCUT2D eigenvalue weighted by molar-refractivity contribution is 5.48. The van der Waals surface area contributed by atoms with Crippen molar-refractivity contribution >= 4 is 17.6 Å². The van der Waals surface area contributed by atoms with Gasteiger partial charge in [0.15, 0.2) is 5.82 Å². The van der Waals surface area contributed by atoms with Gasteiger partial charge in [-0.3, -0.25) is 0 Å². The van der Waals surface area contributed by atoms with E-state index in [1.54, 1.807) is 6.07 Å². The lowest BCUT2D eigenvalue weighted by Gasteiger charge is -2.04. The molecule has 0 bridgehead atoms. The average Bonchev–Trinajstić information content (AvgIpc) is 2.69. The van der Waals surface area contributed by atoms with E-state index in [4.69, 9.17) is 11.5 Å². The Morgan fingerprint density at radius 1 is 1.31 bits per heavy atom. The Kier molecular flexibility index (Phi) is 2.81. The Labute approximate surface area is 91.1 Å². The molecule has 2 aromatic rings. The van der Waals surface area contributed by atoms with Crippen LogP contribution in [0.3, 0.4) is 0 Å². The van der Waals surface area contributed by atoms with Gasteiger partial charge in [-0.05, 0) is 0 Å². The first-order valence-electron chi connectivity index (χ1n) is 4.63. The summed E-state index contributed by atoms with van der Waals surface area (Å²) in [6, 6.07) is 1.60. The van der Waals surface area contributed by atoms with E-state index in [0.29, 0.717) is 30.4 Å². The maximum atomic E-state index is 5.51. The second-order valence-electron chi connectivity index (χ2n) is 3.06. The normalized spacial score (nSPS) is 10.2. The van der Waals surface area contributed by atoms with Crippen LogP contribution in [0.2, 0.25) is 0 Å². The summed E-state index contributed by atoms with van der Waals surface area (Å²) in [6.07, 6.45) is 1.91. The largest absolute Gasteiger partial charge is 0.383 e. The van der Waals surface area contributed by atoms with E-state index in [1.807, 2.05) is 0 Å². The third-order valence-electron chi connectivity index (χ3n) is 1.82. The molecule has 8 heteroatoms. The molecule has 0 aromatic carbocycles. The van der Waals surface area contributed by atoms with Gasteiger partial charge in [0.25, 0.3) is 0 Å². The van der Waals surface area contributed by atoms with Crippen LogP contribution in [0, 0.1) is 0 Å². The lowest BCUT2D eigenvalue weighted by atomic mass is 10.4. The van der Waals surface area contributed by atoms with Crippen LogP contribution in [0.15, 0.2) is 17.0 Å². The van der Waals surface area contributed by atoms with E-state index in [0.717, 1.165) is 0 Å². The van der Waals surface area contributed by atoms with E-state index < -0.39 is 0 Å². The number of rotatable bonds is 4. The minimum atomic E-state index is 0.141. The molecule has 0 fully saturated rings. The molecule has 2 rings (SSSR count). The molecule has 0 saturated carbocycles. The molecule has 8 nitrogen and oxygen atoms in total. The molecule has 0 amide bonds. The van der Waals surface area contributed by atoms with Crippen molar-refractivity contribution < 1.29 is 4.52 Å². The summed E-state index contributed by atoms with van der Waals surface area (Å²) in [7, 11) is 0. The van der Waals surface area contributed by atoms with Crippen molar-refractivity contribution in [3.8, 4) is 0 Å². The predicted molar refractivity (Wildman–Crippen MR) is 57.3 cm³/mol. The number of hydrogen-bond donors (Lipinski definition) is 3. The van der Waals surface area contributed by atoms with Crippen molar-refractivity contribution in [1.29, 1.82) is 0 Å². The van der Waals surface area contributed by atoms with Crippen LogP contribution in [-0.4, -0.2) is 26.7 Å². The minimum Gasteiger partial charge on any atom is -0.383 e. The van der Waals surface area contributed by atoms with Crippen molar-refractivity contribution in [1.82, 2.24) is 20.1 Å². The molecule has 16 heavy (non-hydrogen) atoms. The van der Waals surface area contributed by atoms with Gasteiger partial charge < -0.3 is 21.3 Å². The van der Waals surface area contributed by atoms with Gasteiger partial charge in [-0.2, -0.15) is 15.0 Å². The number of nitrogens with one attached hydrogen (secondary N) is 1.